The lowest BCUT2D eigenvalue weighted by atomic mass is 9.85. The fraction of sp³-hybridized carbons (Fsp3) is 0.423. The molecule has 2 aromatic heterocycles. The monoisotopic (exact) mass is 463 g/mol. The number of ether oxygens (including phenoxy) is 2. The molecular weight excluding hydrogens is 434 g/mol. The Kier molecular flexibility index (Phi) is 5.26. The van der Waals surface area contributed by atoms with Crippen LogP contribution in [0.2, 0.25) is 0 Å². The molecule has 3 aromatic rings. The highest BCUT2D eigenvalue weighted by Gasteiger charge is 2.48. The lowest BCUT2D eigenvalue weighted by Crippen LogP contribution is -2.47. The Morgan fingerprint density at radius 1 is 1.26 bits per heavy atom. The maximum Gasteiger partial charge on any atom is 0.343 e. The average molecular weight is 464 g/mol. The highest BCUT2D eigenvalue weighted by Crippen LogP contribution is 2.42. The van der Waals surface area contributed by atoms with Crippen molar-refractivity contribution < 1.29 is 19.4 Å². The molecule has 178 valence electrons. The van der Waals surface area contributed by atoms with E-state index in [-0.39, 0.29) is 24.0 Å². The lowest BCUT2D eigenvalue weighted by Gasteiger charge is -2.37. The first kappa shape index (κ1) is 22.6. The molecule has 0 bridgehead atoms. The summed E-state index contributed by atoms with van der Waals surface area (Å²) in [6.07, 6.45) is 0.122. The van der Waals surface area contributed by atoms with E-state index in [4.69, 9.17) is 14.5 Å². The predicted molar refractivity (Wildman–Crippen MR) is 128 cm³/mol. The Bertz CT molecular complexity index is 1390. The van der Waals surface area contributed by atoms with Gasteiger partial charge in [0.2, 0.25) is 0 Å². The van der Waals surface area contributed by atoms with Gasteiger partial charge >= 0.3 is 5.97 Å². The minimum absolute atomic E-state index is 0.0664. The highest BCUT2D eigenvalue weighted by molar-refractivity contribution is 5.89. The Labute approximate surface area is 197 Å². The van der Waals surface area contributed by atoms with Crippen LogP contribution in [0.25, 0.3) is 22.3 Å². The minimum Gasteiger partial charge on any atom is -0.508 e. The third-order valence-electron chi connectivity index (χ3n) is 6.66. The number of hydrogen-bond acceptors (Lipinski definition) is 7. The number of fused-ring (bicyclic) bond motifs is 5. The zero-order chi connectivity index (χ0) is 24.4. The summed E-state index contributed by atoms with van der Waals surface area (Å²) in [6, 6.07) is 7.35. The summed E-state index contributed by atoms with van der Waals surface area (Å²) in [5.41, 5.74) is 3.34. The fourth-order valence-electron chi connectivity index (χ4n) is 5.17. The van der Waals surface area contributed by atoms with E-state index in [1.165, 1.54) is 0 Å². The number of phenols is 1. The van der Waals surface area contributed by atoms with Gasteiger partial charge in [0.15, 0.2) is 5.60 Å². The number of rotatable bonds is 5. The normalized spacial score (nSPS) is 18.9. The Balaban J connectivity index is 1.74. The molecule has 0 radical (unpaired) electrons. The molecule has 1 atom stereocenters. The molecule has 2 aliphatic rings. The molecule has 0 unspecified atom stereocenters. The van der Waals surface area contributed by atoms with E-state index in [2.05, 4.69) is 0 Å². The second kappa shape index (κ2) is 7.92. The zero-order valence-electron chi connectivity index (χ0n) is 20.1. The molecular formula is C26H29N3O5. The minimum atomic E-state index is -1.32. The van der Waals surface area contributed by atoms with Crippen LogP contribution >= 0.6 is 0 Å². The van der Waals surface area contributed by atoms with E-state index >= 15 is 0 Å². The van der Waals surface area contributed by atoms with Crippen molar-refractivity contribution in [2.24, 2.45) is 0 Å². The number of esters is 1. The molecule has 0 aliphatic carbocycles. The summed E-state index contributed by atoms with van der Waals surface area (Å²) in [7, 11) is 3.89. The topological polar surface area (TPSA) is 93.9 Å². The van der Waals surface area contributed by atoms with Crippen molar-refractivity contribution in [2.45, 2.75) is 58.6 Å². The van der Waals surface area contributed by atoms with Crippen molar-refractivity contribution in [1.29, 1.82) is 0 Å². The Hall–Kier alpha value is -3.23. The van der Waals surface area contributed by atoms with Gasteiger partial charge in [-0.15, -0.1) is 0 Å². The van der Waals surface area contributed by atoms with Crippen molar-refractivity contribution in [1.82, 2.24) is 14.5 Å². The molecule has 8 heteroatoms. The summed E-state index contributed by atoms with van der Waals surface area (Å²) in [6.45, 7) is 6.46. The summed E-state index contributed by atoms with van der Waals surface area (Å²) in [5, 5.41) is 11.3. The molecule has 1 N–H and O–H groups in total. The smallest absolute Gasteiger partial charge is 0.343 e. The fourth-order valence-corrected chi connectivity index (χ4v) is 5.17. The Morgan fingerprint density at radius 2 is 2.03 bits per heavy atom. The predicted octanol–water partition coefficient (Wildman–Crippen LogP) is 3.28. The van der Waals surface area contributed by atoms with Crippen LogP contribution in [-0.2, 0) is 39.6 Å². The molecule has 0 spiro atoms. The van der Waals surface area contributed by atoms with Crippen molar-refractivity contribution in [2.75, 3.05) is 14.1 Å². The third-order valence-corrected chi connectivity index (χ3v) is 6.66. The number of cyclic esters (lactones) is 1. The van der Waals surface area contributed by atoms with Crippen molar-refractivity contribution in [3.05, 3.63) is 56.9 Å². The number of aromatic nitrogens is 2. The maximum atomic E-state index is 13.6. The summed E-state index contributed by atoms with van der Waals surface area (Å²) >= 11 is 0. The van der Waals surface area contributed by atoms with Crippen LogP contribution in [0.1, 0.15) is 49.4 Å². The first-order valence-electron chi connectivity index (χ1n) is 11.6. The molecule has 0 saturated carbocycles. The van der Waals surface area contributed by atoms with Gasteiger partial charge in [-0.2, -0.15) is 0 Å². The van der Waals surface area contributed by atoms with E-state index in [1.54, 1.807) is 16.7 Å². The van der Waals surface area contributed by atoms with Crippen LogP contribution in [-0.4, -0.2) is 45.7 Å². The van der Waals surface area contributed by atoms with Gasteiger partial charge in [-0.25, -0.2) is 9.78 Å². The maximum absolute atomic E-state index is 13.6. The first-order valence-corrected chi connectivity index (χ1v) is 11.6. The van der Waals surface area contributed by atoms with Crippen LogP contribution in [0.3, 0.4) is 0 Å². The van der Waals surface area contributed by atoms with Crippen LogP contribution in [0, 0.1) is 0 Å². The summed E-state index contributed by atoms with van der Waals surface area (Å²) < 4.78 is 13.3. The molecule has 0 fully saturated rings. The van der Waals surface area contributed by atoms with Crippen molar-refractivity contribution in [3.63, 3.8) is 0 Å². The number of carbonyl (C=O) groups excluding carboxylic acids is 1. The molecule has 2 aliphatic heterocycles. The van der Waals surface area contributed by atoms with Crippen LogP contribution in [0.5, 0.6) is 5.75 Å². The van der Waals surface area contributed by atoms with E-state index < -0.39 is 11.6 Å². The molecule has 1 aromatic carbocycles. The number of nitrogens with zero attached hydrogens (tertiary/aromatic N) is 3. The van der Waals surface area contributed by atoms with Crippen molar-refractivity contribution in [3.8, 4) is 17.1 Å². The Morgan fingerprint density at radius 3 is 2.71 bits per heavy atom. The molecule has 0 amide bonds. The number of benzene rings is 1. The van der Waals surface area contributed by atoms with Gasteiger partial charge in [-0.3, -0.25) is 4.79 Å². The summed E-state index contributed by atoms with van der Waals surface area (Å²) in [4.78, 5) is 33.4. The second-order valence-corrected chi connectivity index (χ2v) is 9.60. The van der Waals surface area contributed by atoms with Gasteiger partial charge in [0.1, 0.15) is 12.4 Å². The van der Waals surface area contributed by atoms with Crippen LogP contribution in [0.15, 0.2) is 29.1 Å². The standard InChI is InChI=1S/C26H29N3O5/c1-6-26(34-14(2)3)19-10-21-23-15(11-29(21)24(31)18(19)13-33-25(26)32)9-16-17(12-28(4)5)22(30)8-7-20(16)27-23/h7-10,14,30H,6,11-13H2,1-5H3/t26-/m0/s1. The van der Waals surface area contributed by atoms with Crippen LogP contribution < -0.4 is 5.56 Å². The molecule has 0 saturated heterocycles. The van der Waals surface area contributed by atoms with Gasteiger partial charge < -0.3 is 24.0 Å². The number of carbonyl (C=O) groups is 1. The second-order valence-electron chi connectivity index (χ2n) is 9.60. The molecule has 5 rings (SSSR count). The number of pyridine rings is 2. The van der Waals surface area contributed by atoms with Crippen LogP contribution in [0.4, 0.5) is 0 Å². The summed E-state index contributed by atoms with van der Waals surface area (Å²) in [5.74, 6) is -0.241. The number of phenolic OH excluding ortho intramolecular Hbond substituents is 1. The van der Waals surface area contributed by atoms with Gasteiger partial charge in [0.05, 0.1) is 35.1 Å². The quantitative estimate of drug-likeness (QED) is 0.454. The number of aromatic hydroxyl groups is 1. The van der Waals surface area contributed by atoms with E-state index in [0.29, 0.717) is 42.0 Å². The highest BCUT2D eigenvalue weighted by atomic mass is 16.6. The van der Waals surface area contributed by atoms with E-state index in [0.717, 1.165) is 22.0 Å². The lowest BCUT2D eigenvalue weighted by molar-refractivity contribution is -0.187. The SMILES string of the molecule is CC[C@@]1(OC(C)C)C(=O)OCc2c1cc1n(c2=O)Cc2cc3c(CN(C)C)c(O)ccc3nc2-1. The van der Waals surface area contributed by atoms with Crippen molar-refractivity contribution >= 4 is 16.9 Å². The zero-order valence-corrected chi connectivity index (χ0v) is 20.1. The van der Waals surface area contributed by atoms with E-state index in [1.807, 2.05) is 51.9 Å². The van der Waals surface area contributed by atoms with E-state index in [9.17, 15) is 14.7 Å². The third kappa shape index (κ3) is 3.24. The van der Waals surface area contributed by atoms with Gasteiger partial charge in [-0.05, 0) is 58.6 Å². The first-order chi connectivity index (χ1) is 16.2. The number of hydrogen-bond donors (Lipinski definition) is 1. The van der Waals surface area contributed by atoms with Gasteiger partial charge in [0, 0.05) is 28.6 Å². The average Bonchev–Trinajstić information content (AvgIpc) is 3.14. The molecule has 8 nitrogen and oxygen atoms in total. The molecule has 4 heterocycles. The van der Waals surface area contributed by atoms with Gasteiger partial charge in [-0.1, -0.05) is 6.92 Å². The van der Waals surface area contributed by atoms with Gasteiger partial charge in [0.25, 0.3) is 5.56 Å². The molecule has 34 heavy (non-hydrogen) atoms. The largest absolute Gasteiger partial charge is 0.508 e.